The van der Waals surface area contributed by atoms with Gasteiger partial charge in [-0.2, -0.15) is 0 Å². The zero-order valence-corrected chi connectivity index (χ0v) is 5.74. The van der Waals surface area contributed by atoms with Crippen molar-refractivity contribution in [3.05, 3.63) is 24.3 Å². The van der Waals surface area contributed by atoms with Crippen molar-refractivity contribution >= 4 is 7.69 Å². The number of benzene rings is 1. The predicted molar refractivity (Wildman–Crippen MR) is 40.4 cm³/mol. The Bertz CT molecular complexity index is 193. The van der Waals surface area contributed by atoms with Crippen molar-refractivity contribution < 1.29 is 9.68 Å². The van der Waals surface area contributed by atoms with Crippen LogP contribution in [0.1, 0.15) is 0 Å². The molecule has 0 aromatic rings. The van der Waals surface area contributed by atoms with Gasteiger partial charge in [0, 0.05) is 7.11 Å². The third-order valence-corrected chi connectivity index (χ3v) is 1.22. The molecule has 51 valence electrons. The summed E-state index contributed by atoms with van der Waals surface area (Å²) in [6.45, 7) is 0. The minimum Gasteiger partial charge on any atom is -0.429 e. The van der Waals surface area contributed by atoms with E-state index in [0.717, 1.165) is 0 Å². The van der Waals surface area contributed by atoms with Crippen LogP contribution in [0.2, 0.25) is 0 Å². The average Bonchev–Trinajstić information content (AvgIpc) is 2.60. The molecule has 0 heterocycles. The molecule has 2 aliphatic carbocycles. The molecule has 0 fully saturated rings. The molecule has 0 aromatic heterocycles. The maximum Gasteiger partial charge on any atom is 0.484 e. The Morgan fingerprint density at radius 2 is 1.90 bits per heavy atom. The summed E-state index contributed by atoms with van der Waals surface area (Å²) in [6.07, 6.45) is 0. The van der Waals surface area contributed by atoms with Crippen molar-refractivity contribution in [2.45, 2.75) is 0 Å². The Hall–Kier alpha value is -0.795. The maximum absolute atomic E-state index is 7.53. The molecule has 2 aliphatic rings. The second-order valence-electron chi connectivity index (χ2n) is 1.92. The first-order chi connectivity index (χ1) is 4.88. The second-order valence-corrected chi connectivity index (χ2v) is 1.92. The van der Waals surface area contributed by atoms with Gasteiger partial charge >= 0.3 is 7.69 Å². The van der Waals surface area contributed by atoms with E-state index in [9.17, 15) is 0 Å². The van der Waals surface area contributed by atoms with Gasteiger partial charge in [-0.05, 0) is 17.2 Å². The van der Waals surface area contributed by atoms with E-state index in [4.69, 9.17) is 5.02 Å². The quantitative estimate of drug-likeness (QED) is 0.586. The lowest BCUT2D eigenvalue weighted by atomic mass is 10.4. The van der Waals surface area contributed by atoms with Gasteiger partial charge in [-0.3, -0.25) is 0 Å². The van der Waals surface area contributed by atoms with Crippen molar-refractivity contribution in [2.24, 2.45) is 0 Å². The Labute approximate surface area is 60.8 Å². The van der Waals surface area contributed by atoms with E-state index in [1.165, 1.54) is 18.2 Å². The van der Waals surface area contributed by atoms with Crippen LogP contribution in [0.4, 0.5) is 0 Å². The summed E-state index contributed by atoms with van der Waals surface area (Å²) in [7, 11) is 2.00. The molecule has 1 N–H and O–H groups in total. The lowest BCUT2D eigenvalue weighted by molar-refractivity contribution is 0.360. The van der Waals surface area contributed by atoms with E-state index in [1.54, 1.807) is 0 Å². The van der Waals surface area contributed by atoms with E-state index >= 15 is 0 Å². The van der Waals surface area contributed by atoms with Crippen molar-refractivity contribution in [3.63, 3.8) is 0 Å². The lowest BCUT2D eigenvalue weighted by Crippen LogP contribution is -1.86. The van der Waals surface area contributed by atoms with Crippen LogP contribution in [-0.2, 0) is 4.65 Å². The first kappa shape index (κ1) is 7.31. The molecule has 0 atom stereocenters. The Kier molecular flexibility index (Phi) is 2.48. The maximum atomic E-state index is 7.53. The van der Waals surface area contributed by atoms with Gasteiger partial charge in [-0.1, -0.05) is 18.2 Å². The Morgan fingerprint density at radius 3 is 2.00 bits per heavy atom. The van der Waals surface area contributed by atoms with Crippen LogP contribution in [0.15, 0.2) is 24.3 Å². The minimum atomic E-state index is 0.625. The van der Waals surface area contributed by atoms with E-state index < -0.39 is 0 Å². The molecular weight excluding hydrogens is 127 g/mol. The molecule has 2 nitrogen and oxygen atoms in total. The van der Waals surface area contributed by atoms with Gasteiger partial charge in [0.15, 0.2) is 0 Å². The Balaban J connectivity index is 0.000000112. The van der Waals surface area contributed by atoms with Gasteiger partial charge in [0.2, 0.25) is 0 Å². The molecule has 3 heteroatoms. The van der Waals surface area contributed by atoms with Crippen LogP contribution >= 0.6 is 0 Å². The van der Waals surface area contributed by atoms with Crippen molar-refractivity contribution in [2.75, 3.05) is 7.11 Å². The topological polar surface area (TPSA) is 29.5 Å². The molecular formula is C7H8BO2. The monoisotopic (exact) mass is 135 g/mol. The summed E-state index contributed by atoms with van der Waals surface area (Å²) in [5.74, 6) is 0. The van der Waals surface area contributed by atoms with E-state index in [2.05, 4.69) is 28.9 Å². The fourth-order valence-electron chi connectivity index (χ4n) is 0.676. The van der Waals surface area contributed by atoms with Crippen molar-refractivity contribution in [3.8, 4) is 11.1 Å². The van der Waals surface area contributed by atoms with Crippen molar-refractivity contribution in [1.29, 1.82) is 0 Å². The third kappa shape index (κ3) is 1.86. The predicted octanol–water partition coefficient (Wildman–Crippen LogP) is 0.826. The van der Waals surface area contributed by atoms with Gasteiger partial charge in [-0.25, -0.2) is 0 Å². The molecule has 0 aromatic carbocycles. The molecule has 0 unspecified atom stereocenters. The SMILES string of the molecule is CO[B]O.c1cc2cc-2c1. The summed E-state index contributed by atoms with van der Waals surface area (Å²) < 4.78 is 3.97. The first-order valence-corrected chi connectivity index (χ1v) is 2.97. The van der Waals surface area contributed by atoms with Crippen LogP contribution in [0.5, 0.6) is 0 Å². The molecule has 1 radical (unpaired) electrons. The molecule has 0 aliphatic heterocycles. The third-order valence-electron chi connectivity index (χ3n) is 1.22. The van der Waals surface area contributed by atoms with Crippen LogP contribution < -0.4 is 0 Å². The van der Waals surface area contributed by atoms with Crippen molar-refractivity contribution in [1.82, 2.24) is 0 Å². The highest BCUT2D eigenvalue weighted by Crippen LogP contribution is 2.32. The van der Waals surface area contributed by atoms with Crippen LogP contribution in [0.3, 0.4) is 0 Å². The zero-order valence-electron chi connectivity index (χ0n) is 5.74. The summed E-state index contributed by atoms with van der Waals surface area (Å²) in [5.41, 5.74) is 2.85. The fourth-order valence-corrected chi connectivity index (χ4v) is 0.676. The van der Waals surface area contributed by atoms with E-state index in [1.807, 2.05) is 0 Å². The molecule has 0 saturated carbocycles. The van der Waals surface area contributed by atoms with Gasteiger partial charge in [0.1, 0.15) is 0 Å². The Morgan fingerprint density at radius 1 is 1.40 bits per heavy atom. The van der Waals surface area contributed by atoms with Crippen LogP contribution in [0.25, 0.3) is 11.1 Å². The normalized spacial score (nSPS) is 9.40. The minimum absolute atomic E-state index is 0.625. The molecule has 10 heavy (non-hydrogen) atoms. The highest BCUT2D eigenvalue weighted by atomic mass is 16.5. The largest absolute Gasteiger partial charge is 0.484 e. The molecule has 0 saturated heterocycles. The van der Waals surface area contributed by atoms with E-state index in [-0.39, 0.29) is 0 Å². The molecule has 0 bridgehead atoms. The van der Waals surface area contributed by atoms with Gasteiger partial charge in [0.25, 0.3) is 0 Å². The number of rotatable bonds is 1. The summed E-state index contributed by atoms with van der Waals surface area (Å²) >= 11 is 0. The highest BCUT2D eigenvalue weighted by molar-refractivity contribution is 6.15. The molecule has 0 amide bonds. The summed E-state index contributed by atoms with van der Waals surface area (Å²) in [4.78, 5) is 0. The first-order valence-electron chi connectivity index (χ1n) is 2.97. The molecule has 2 rings (SSSR count). The fraction of sp³-hybridized carbons (Fsp3) is 0.143. The van der Waals surface area contributed by atoms with Gasteiger partial charge in [0.05, 0.1) is 0 Å². The number of hydrogen-bond donors (Lipinski definition) is 1. The zero-order chi connectivity index (χ0) is 7.40. The smallest absolute Gasteiger partial charge is 0.429 e. The standard InChI is InChI=1S/C6H4.CH4BO2/c1-2-5-4-6(5)3-1;1-4-2-3/h1-4H;3H,1H3. The van der Waals surface area contributed by atoms with Crippen LogP contribution in [-0.4, -0.2) is 19.8 Å². The van der Waals surface area contributed by atoms with Crippen LogP contribution in [0, 0.1) is 0 Å². The summed E-state index contributed by atoms with van der Waals surface area (Å²) in [6, 6.07) is 8.48. The second kappa shape index (κ2) is 3.39. The number of fused-ring (bicyclic) bond motifs is 1. The highest BCUT2D eigenvalue weighted by Gasteiger charge is 2.06. The lowest BCUT2D eigenvalue weighted by Gasteiger charge is -1.71. The van der Waals surface area contributed by atoms with Gasteiger partial charge in [-0.15, -0.1) is 0 Å². The van der Waals surface area contributed by atoms with E-state index in [0.29, 0.717) is 7.69 Å². The van der Waals surface area contributed by atoms with Gasteiger partial charge < -0.3 is 9.68 Å². The number of hydrogen-bond acceptors (Lipinski definition) is 2. The molecule has 0 spiro atoms. The summed E-state index contributed by atoms with van der Waals surface area (Å²) in [5, 5.41) is 7.53. The average molecular weight is 135 g/mol.